The standard InChI is InChI=1S/C14H18O2/c1-3-4-5-6-10-14(15)12-8-7-9-13(11-12)16-2/h7-9,11,14-15H,3-5H2,1-2H3/t14-/m0/s1. The number of rotatable bonds is 4. The molecule has 1 atom stereocenters. The Balaban J connectivity index is 2.63. The number of ether oxygens (including phenoxy) is 1. The maximum absolute atomic E-state index is 9.81. The highest BCUT2D eigenvalue weighted by Gasteiger charge is 2.03. The Labute approximate surface area is 97.3 Å². The molecule has 0 aliphatic rings. The molecule has 2 heteroatoms. The Morgan fingerprint density at radius 2 is 2.25 bits per heavy atom. The van der Waals surface area contributed by atoms with Gasteiger partial charge in [0.1, 0.15) is 11.9 Å². The molecule has 0 amide bonds. The summed E-state index contributed by atoms with van der Waals surface area (Å²) in [6, 6.07) is 7.35. The van der Waals surface area contributed by atoms with Crippen molar-refractivity contribution in [3.63, 3.8) is 0 Å². The largest absolute Gasteiger partial charge is 0.497 e. The molecule has 0 saturated heterocycles. The van der Waals surface area contributed by atoms with E-state index in [1.807, 2.05) is 18.2 Å². The molecule has 1 aromatic rings. The average Bonchev–Trinajstić information content (AvgIpc) is 2.34. The smallest absolute Gasteiger partial charge is 0.140 e. The molecule has 1 aromatic carbocycles. The molecule has 0 saturated carbocycles. The molecule has 86 valence electrons. The molecule has 0 aliphatic heterocycles. The van der Waals surface area contributed by atoms with Crippen molar-refractivity contribution in [2.75, 3.05) is 7.11 Å². The highest BCUT2D eigenvalue weighted by Crippen LogP contribution is 2.18. The summed E-state index contributed by atoms with van der Waals surface area (Å²) in [7, 11) is 1.61. The van der Waals surface area contributed by atoms with Crippen molar-refractivity contribution in [1.29, 1.82) is 0 Å². The minimum atomic E-state index is -0.716. The van der Waals surface area contributed by atoms with Crippen LogP contribution in [0.15, 0.2) is 24.3 Å². The van der Waals surface area contributed by atoms with Crippen LogP contribution in [0.25, 0.3) is 0 Å². The van der Waals surface area contributed by atoms with E-state index in [0.29, 0.717) is 0 Å². The van der Waals surface area contributed by atoms with Crippen LogP contribution in [0.4, 0.5) is 0 Å². The van der Waals surface area contributed by atoms with E-state index in [4.69, 9.17) is 4.74 Å². The first-order valence-electron chi connectivity index (χ1n) is 5.58. The van der Waals surface area contributed by atoms with Crippen LogP contribution in [0, 0.1) is 11.8 Å². The SMILES string of the molecule is CCCCC#C[C@H](O)c1cccc(OC)c1. The zero-order valence-electron chi connectivity index (χ0n) is 9.86. The molecule has 1 rings (SSSR count). The van der Waals surface area contributed by atoms with Crippen molar-refractivity contribution in [1.82, 2.24) is 0 Å². The van der Waals surface area contributed by atoms with Crippen LogP contribution in [-0.2, 0) is 0 Å². The third-order valence-corrected chi connectivity index (χ3v) is 2.30. The third-order valence-electron chi connectivity index (χ3n) is 2.30. The van der Waals surface area contributed by atoms with Crippen LogP contribution in [0.5, 0.6) is 5.75 Å². The first kappa shape index (κ1) is 12.6. The number of hydrogen-bond donors (Lipinski definition) is 1. The first-order valence-corrected chi connectivity index (χ1v) is 5.58. The fourth-order valence-electron chi connectivity index (χ4n) is 1.33. The van der Waals surface area contributed by atoms with Gasteiger partial charge in [-0.2, -0.15) is 0 Å². The molecular weight excluding hydrogens is 200 g/mol. The second-order valence-corrected chi connectivity index (χ2v) is 3.60. The zero-order chi connectivity index (χ0) is 11.8. The van der Waals surface area contributed by atoms with Gasteiger partial charge in [-0.25, -0.2) is 0 Å². The number of aliphatic hydroxyl groups excluding tert-OH is 1. The van der Waals surface area contributed by atoms with Gasteiger partial charge in [0, 0.05) is 6.42 Å². The molecule has 0 radical (unpaired) electrons. The fraction of sp³-hybridized carbons (Fsp3) is 0.429. The molecule has 1 N–H and O–H groups in total. The van der Waals surface area contributed by atoms with Crippen molar-refractivity contribution in [2.45, 2.75) is 32.3 Å². The highest BCUT2D eigenvalue weighted by atomic mass is 16.5. The monoisotopic (exact) mass is 218 g/mol. The normalized spacial score (nSPS) is 11.4. The van der Waals surface area contributed by atoms with Crippen molar-refractivity contribution >= 4 is 0 Å². The molecule has 0 unspecified atom stereocenters. The van der Waals surface area contributed by atoms with Crippen LogP contribution in [0.3, 0.4) is 0 Å². The Hall–Kier alpha value is -1.46. The fourth-order valence-corrected chi connectivity index (χ4v) is 1.33. The lowest BCUT2D eigenvalue weighted by molar-refractivity contribution is 0.237. The van der Waals surface area contributed by atoms with Gasteiger partial charge >= 0.3 is 0 Å². The van der Waals surface area contributed by atoms with E-state index in [2.05, 4.69) is 18.8 Å². The number of benzene rings is 1. The minimum Gasteiger partial charge on any atom is -0.497 e. The minimum absolute atomic E-state index is 0.716. The second kappa shape index (κ2) is 6.92. The van der Waals surface area contributed by atoms with Gasteiger partial charge in [0.2, 0.25) is 0 Å². The number of aliphatic hydroxyl groups is 1. The molecule has 16 heavy (non-hydrogen) atoms. The molecular formula is C14H18O2. The van der Waals surface area contributed by atoms with Gasteiger partial charge in [0.15, 0.2) is 0 Å². The molecule has 0 spiro atoms. The van der Waals surface area contributed by atoms with E-state index in [1.165, 1.54) is 0 Å². The maximum Gasteiger partial charge on any atom is 0.140 e. The Morgan fingerprint density at radius 3 is 2.94 bits per heavy atom. The van der Waals surface area contributed by atoms with Gasteiger partial charge in [-0.1, -0.05) is 31.4 Å². The van der Waals surface area contributed by atoms with Crippen LogP contribution in [-0.4, -0.2) is 12.2 Å². The van der Waals surface area contributed by atoms with E-state index in [-0.39, 0.29) is 0 Å². The summed E-state index contributed by atoms with van der Waals surface area (Å²) in [6.07, 6.45) is 2.34. The quantitative estimate of drug-likeness (QED) is 0.622. The van der Waals surface area contributed by atoms with Gasteiger partial charge in [-0.05, 0) is 24.1 Å². The van der Waals surface area contributed by atoms with Crippen molar-refractivity contribution in [2.24, 2.45) is 0 Å². The summed E-state index contributed by atoms with van der Waals surface area (Å²) < 4.78 is 5.09. The van der Waals surface area contributed by atoms with Gasteiger partial charge in [-0.3, -0.25) is 0 Å². The summed E-state index contributed by atoms with van der Waals surface area (Å²) >= 11 is 0. The lowest BCUT2D eigenvalue weighted by Crippen LogP contribution is -1.94. The topological polar surface area (TPSA) is 29.5 Å². The van der Waals surface area contributed by atoms with Crippen molar-refractivity contribution < 1.29 is 9.84 Å². The molecule has 0 aromatic heterocycles. The van der Waals surface area contributed by atoms with Crippen LogP contribution in [0.1, 0.15) is 37.9 Å². The van der Waals surface area contributed by atoms with E-state index in [1.54, 1.807) is 13.2 Å². The Bertz CT molecular complexity index is 374. The van der Waals surface area contributed by atoms with Gasteiger partial charge < -0.3 is 9.84 Å². The summed E-state index contributed by atoms with van der Waals surface area (Å²) in [5, 5.41) is 9.81. The third kappa shape index (κ3) is 3.96. The zero-order valence-corrected chi connectivity index (χ0v) is 9.86. The number of unbranched alkanes of at least 4 members (excludes halogenated alkanes) is 2. The highest BCUT2D eigenvalue weighted by molar-refractivity contribution is 5.33. The van der Waals surface area contributed by atoms with E-state index in [9.17, 15) is 5.11 Å². The second-order valence-electron chi connectivity index (χ2n) is 3.60. The van der Waals surface area contributed by atoms with E-state index < -0.39 is 6.10 Å². The Kier molecular flexibility index (Phi) is 5.45. The molecule has 0 fully saturated rings. The molecule has 0 heterocycles. The van der Waals surface area contributed by atoms with Gasteiger partial charge in [0.25, 0.3) is 0 Å². The van der Waals surface area contributed by atoms with Crippen molar-refractivity contribution in [3.8, 4) is 17.6 Å². The van der Waals surface area contributed by atoms with Crippen LogP contribution in [0.2, 0.25) is 0 Å². The van der Waals surface area contributed by atoms with Crippen LogP contribution >= 0.6 is 0 Å². The summed E-state index contributed by atoms with van der Waals surface area (Å²) in [5.74, 6) is 6.56. The van der Waals surface area contributed by atoms with Gasteiger partial charge in [-0.15, -0.1) is 5.92 Å². The van der Waals surface area contributed by atoms with Crippen LogP contribution < -0.4 is 4.74 Å². The lowest BCUT2D eigenvalue weighted by atomic mass is 10.1. The van der Waals surface area contributed by atoms with E-state index >= 15 is 0 Å². The Morgan fingerprint density at radius 1 is 1.44 bits per heavy atom. The number of hydrogen-bond acceptors (Lipinski definition) is 2. The summed E-state index contributed by atoms with van der Waals surface area (Å²) in [4.78, 5) is 0. The predicted molar refractivity (Wildman–Crippen MR) is 65.3 cm³/mol. The summed E-state index contributed by atoms with van der Waals surface area (Å²) in [5.41, 5.74) is 0.781. The van der Waals surface area contributed by atoms with E-state index in [0.717, 1.165) is 30.6 Å². The average molecular weight is 218 g/mol. The van der Waals surface area contributed by atoms with Gasteiger partial charge in [0.05, 0.1) is 7.11 Å². The molecule has 0 aliphatic carbocycles. The van der Waals surface area contributed by atoms with Crippen molar-refractivity contribution in [3.05, 3.63) is 29.8 Å². The number of methoxy groups -OCH3 is 1. The predicted octanol–water partition coefficient (Wildman–Crippen LogP) is 2.92. The molecule has 0 bridgehead atoms. The maximum atomic E-state index is 9.81. The lowest BCUT2D eigenvalue weighted by Gasteiger charge is -2.05. The summed E-state index contributed by atoms with van der Waals surface area (Å²) in [6.45, 7) is 2.13. The first-order chi connectivity index (χ1) is 7.77. The molecule has 2 nitrogen and oxygen atoms in total.